The van der Waals surface area contributed by atoms with E-state index in [4.69, 9.17) is 4.98 Å². The molecule has 1 fully saturated rings. The van der Waals surface area contributed by atoms with Crippen molar-refractivity contribution in [2.45, 2.75) is 30.8 Å². The van der Waals surface area contributed by atoms with Crippen LogP contribution in [0, 0.1) is 6.92 Å². The number of thioether (sulfide) groups is 1. The smallest absolute Gasteiger partial charge is 0.269 e. The Balaban J connectivity index is 1.35. The van der Waals surface area contributed by atoms with E-state index in [1.54, 1.807) is 16.7 Å². The summed E-state index contributed by atoms with van der Waals surface area (Å²) in [5, 5.41) is 3.15. The summed E-state index contributed by atoms with van der Waals surface area (Å²) < 4.78 is 1.57. The van der Waals surface area contributed by atoms with Crippen molar-refractivity contribution in [2.75, 3.05) is 5.75 Å². The summed E-state index contributed by atoms with van der Waals surface area (Å²) >= 11 is 2.62. The first-order chi connectivity index (χ1) is 16.5. The summed E-state index contributed by atoms with van der Waals surface area (Å²) in [5.74, 6) is -0.372. The van der Waals surface area contributed by atoms with Crippen molar-refractivity contribution in [3.05, 3.63) is 87.0 Å². The van der Waals surface area contributed by atoms with Crippen LogP contribution in [0.2, 0.25) is 0 Å². The molecule has 1 aliphatic carbocycles. The lowest BCUT2D eigenvalue weighted by Crippen LogP contribution is -2.42. The number of para-hydroxylation sites is 1. The third kappa shape index (κ3) is 4.62. The van der Waals surface area contributed by atoms with E-state index in [-0.39, 0.29) is 11.3 Å². The molecule has 1 saturated carbocycles. The minimum Gasteiger partial charge on any atom is -0.272 e. The van der Waals surface area contributed by atoms with Crippen LogP contribution in [0.25, 0.3) is 15.9 Å². The molecule has 0 bridgehead atoms. The number of carbonyl (C=O) groups excluding carboxylic acids is 2. The highest BCUT2D eigenvalue weighted by Gasteiger charge is 2.29. The second kappa shape index (κ2) is 9.44. The highest BCUT2D eigenvalue weighted by Crippen LogP contribution is 2.44. The standard InChI is InChI=1S/C25H22N4O3S2/c1-15-7-9-17(10-8-15)22(31)28-27-20(30)14-34-25-26-23-21(19(13-33-23)16-11-12-16)24(32)29(25)18-5-3-2-4-6-18/h2-10,13,16H,11-12,14H2,1H3,(H,27,30)(H,28,31). The van der Waals surface area contributed by atoms with Crippen molar-refractivity contribution in [3.8, 4) is 5.69 Å². The van der Waals surface area contributed by atoms with Gasteiger partial charge in [-0.1, -0.05) is 47.7 Å². The van der Waals surface area contributed by atoms with Crippen LogP contribution in [0.4, 0.5) is 0 Å². The summed E-state index contributed by atoms with van der Waals surface area (Å²) in [6.45, 7) is 1.93. The van der Waals surface area contributed by atoms with Gasteiger partial charge in [-0.3, -0.25) is 29.8 Å². The van der Waals surface area contributed by atoms with Crippen molar-refractivity contribution in [1.29, 1.82) is 0 Å². The highest BCUT2D eigenvalue weighted by atomic mass is 32.2. The normalized spacial score (nSPS) is 13.1. The zero-order chi connectivity index (χ0) is 23.7. The number of hydrogen-bond donors (Lipinski definition) is 2. The van der Waals surface area contributed by atoms with Gasteiger partial charge in [-0.15, -0.1) is 11.3 Å². The molecule has 2 amide bonds. The number of nitrogens with one attached hydrogen (secondary N) is 2. The predicted octanol–water partition coefficient (Wildman–Crippen LogP) is 4.19. The molecule has 2 aromatic carbocycles. The van der Waals surface area contributed by atoms with Gasteiger partial charge < -0.3 is 0 Å². The lowest BCUT2D eigenvalue weighted by molar-refractivity contribution is -0.119. The third-order valence-electron chi connectivity index (χ3n) is 5.60. The van der Waals surface area contributed by atoms with Crippen LogP contribution in [0.15, 0.2) is 69.9 Å². The molecule has 0 unspecified atom stereocenters. The first kappa shape index (κ1) is 22.4. The number of hydrazine groups is 1. The van der Waals surface area contributed by atoms with E-state index in [9.17, 15) is 14.4 Å². The van der Waals surface area contributed by atoms with Crippen LogP contribution in [-0.2, 0) is 4.79 Å². The number of amides is 2. The number of carbonyl (C=O) groups is 2. The van der Waals surface area contributed by atoms with Crippen LogP contribution < -0.4 is 16.4 Å². The predicted molar refractivity (Wildman–Crippen MR) is 135 cm³/mol. The molecule has 9 heteroatoms. The number of thiophene rings is 1. The fraction of sp³-hybridized carbons (Fsp3) is 0.200. The van der Waals surface area contributed by atoms with E-state index < -0.39 is 11.8 Å². The molecular formula is C25H22N4O3S2. The Labute approximate surface area is 204 Å². The Morgan fingerprint density at radius 1 is 1.09 bits per heavy atom. The summed E-state index contributed by atoms with van der Waals surface area (Å²) in [6.07, 6.45) is 2.20. The van der Waals surface area contributed by atoms with E-state index in [0.717, 1.165) is 35.7 Å². The summed E-state index contributed by atoms with van der Waals surface area (Å²) in [6, 6.07) is 16.4. The van der Waals surface area contributed by atoms with Crippen LogP contribution in [0.3, 0.4) is 0 Å². The van der Waals surface area contributed by atoms with Gasteiger partial charge in [0.05, 0.1) is 16.8 Å². The van der Waals surface area contributed by atoms with Crippen LogP contribution >= 0.6 is 23.1 Å². The van der Waals surface area contributed by atoms with E-state index >= 15 is 0 Å². The molecule has 0 atom stereocenters. The molecular weight excluding hydrogens is 468 g/mol. The van der Waals surface area contributed by atoms with Gasteiger partial charge in [0.15, 0.2) is 5.16 Å². The highest BCUT2D eigenvalue weighted by molar-refractivity contribution is 7.99. The summed E-state index contributed by atoms with van der Waals surface area (Å²) in [5.41, 5.74) is 8.01. The number of hydrogen-bond acceptors (Lipinski definition) is 6. The molecule has 0 spiro atoms. The fourth-order valence-electron chi connectivity index (χ4n) is 3.66. The van der Waals surface area contributed by atoms with Gasteiger partial charge in [0, 0.05) is 5.56 Å². The molecule has 0 saturated heterocycles. The second-order valence-corrected chi connectivity index (χ2v) is 9.97. The van der Waals surface area contributed by atoms with Crippen LogP contribution in [0.1, 0.15) is 40.2 Å². The Hall–Kier alpha value is -3.43. The first-order valence-corrected chi connectivity index (χ1v) is 12.8. The summed E-state index contributed by atoms with van der Waals surface area (Å²) in [4.78, 5) is 43.7. The Morgan fingerprint density at radius 3 is 2.53 bits per heavy atom. The SMILES string of the molecule is Cc1ccc(C(=O)NNC(=O)CSc2nc3scc(C4CC4)c3c(=O)n2-c2ccccc2)cc1. The maximum Gasteiger partial charge on any atom is 0.269 e. The van der Waals surface area contributed by atoms with Gasteiger partial charge in [-0.05, 0) is 60.9 Å². The van der Waals surface area contributed by atoms with E-state index in [0.29, 0.717) is 32.5 Å². The average molecular weight is 491 g/mol. The molecule has 2 aromatic heterocycles. The third-order valence-corrected chi connectivity index (χ3v) is 7.43. The quantitative estimate of drug-likeness (QED) is 0.240. The zero-order valence-electron chi connectivity index (χ0n) is 18.4. The van der Waals surface area contributed by atoms with Crippen molar-refractivity contribution < 1.29 is 9.59 Å². The second-order valence-electron chi connectivity index (χ2n) is 8.17. The minimum absolute atomic E-state index is 0.0141. The van der Waals surface area contributed by atoms with Crippen LogP contribution in [-0.4, -0.2) is 27.1 Å². The Morgan fingerprint density at radius 2 is 1.82 bits per heavy atom. The average Bonchev–Trinajstić information content (AvgIpc) is 3.61. The maximum atomic E-state index is 13.6. The number of benzene rings is 2. The van der Waals surface area contributed by atoms with Crippen molar-refractivity contribution in [2.24, 2.45) is 0 Å². The minimum atomic E-state index is -0.399. The molecule has 4 aromatic rings. The van der Waals surface area contributed by atoms with Gasteiger partial charge in [-0.25, -0.2) is 4.98 Å². The van der Waals surface area contributed by atoms with Crippen LogP contribution in [0.5, 0.6) is 0 Å². The lowest BCUT2D eigenvalue weighted by atomic mass is 10.1. The zero-order valence-corrected chi connectivity index (χ0v) is 20.0. The number of fused-ring (bicyclic) bond motifs is 1. The number of aryl methyl sites for hydroxylation is 1. The molecule has 2 N–H and O–H groups in total. The van der Waals surface area contributed by atoms with Crippen molar-refractivity contribution in [1.82, 2.24) is 20.4 Å². The maximum absolute atomic E-state index is 13.6. The summed E-state index contributed by atoms with van der Waals surface area (Å²) in [7, 11) is 0. The first-order valence-electron chi connectivity index (χ1n) is 10.9. The van der Waals surface area contributed by atoms with E-state index in [2.05, 4.69) is 10.9 Å². The van der Waals surface area contributed by atoms with Gasteiger partial charge in [0.2, 0.25) is 5.91 Å². The number of aromatic nitrogens is 2. The molecule has 0 radical (unpaired) electrons. The fourth-order valence-corrected chi connectivity index (χ4v) is 5.53. The Kier molecular flexibility index (Phi) is 6.21. The van der Waals surface area contributed by atoms with Gasteiger partial charge in [-0.2, -0.15) is 0 Å². The van der Waals surface area contributed by atoms with E-state index in [1.165, 1.54) is 11.3 Å². The van der Waals surface area contributed by atoms with Crippen molar-refractivity contribution >= 4 is 45.1 Å². The molecule has 172 valence electrons. The molecule has 34 heavy (non-hydrogen) atoms. The number of nitrogens with zero attached hydrogens (tertiary/aromatic N) is 2. The number of rotatable bonds is 6. The van der Waals surface area contributed by atoms with Gasteiger partial charge in [0.25, 0.3) is 11.5 Å². The van der Waals surface area contributed by atoms with Crippen molar-refractivity contribution in [3.63, 3.8) is 0 Å². The Bertz CT molecular complexity index is 1420. The monoisotopic (exact) mass is 490 g/mol. The molecule has 1 aliphatic rings. The molecule has 7 nitrogen and oxygen atoms in total. The van der Waals surface area contributed by atoms with Gasteiger partial charge >= 0.3 is 0 Å². The lowest BCUT2D eigenvalue weighted by Gasteiger charge is -2.13. The largest absolute Gasteiger partial charge is 0.272 e. The molecule has 0 aliphatic heterocycles. The molecule has 2 heterocycles. The molecule has 5 rings (SSSR count). The van der Waals surface area contributed by atoms with Gasteiger partial charge in [0.1, 0.15) is 4.83 Å². The van der Waals surface area contributed by atoms with E-state index in [1.807, 2.05) is 54.8 Å². The topological polar surface area (TPSA) is 93.1 Å².